The van der Waals surface area contributed by atoms with Crippen LogP contribution in [0, 0.1) is 0 Å². The van der Waals surface area contributed by atoms with Crippen molar-refractivity contribution in [3.8, 4) is 0 Å². The summed E-state index contributed by atoms with van der Waals surface area (Å²) >= 11 is -0.00251. The van der Waals surface area contributed by atoms with Crippen molar-refractivity contribution in [1.29, 1.82) is 0 Å². The predicted octanol–water partition coefficient (Wildman–Crippen LogP) is 1.53. The zero-order valence-corrected chi connectivity index (χ0v) is 7.93. The van der Waals surface area contributed by atoms with Crippen LogP contribution in [0.2, 0.25) is 8.94 Å². The van der Waals surface area contributed by atoms with Gasteiger partial charge in [-0.15, -0.1) is 0 Å². The summed E-state index contributed by atoms with van der Waals surface area (Å²) in [6.07, 6.45) is 0.722. The van der Waals surface area contributed by atoms with Crippen molar-refractivity contribution in [2.75, 3.05) is 0 Å². The number of hydrogen-bond acceptors (Lipinski definition) is 1. The van der Waals surface area contributed by atoms with E-state index in [1.165, 1.54) is 0 Å². The van der Waals surface area contributed by atoms with Crippen molar-refractivity contribution in [3.63, 3.8) is 0 Å². The van der Waals surface area contributed by atoms with E-state index in [1.807, 2.05) is 13.8 Å². The first-order chi connectivity index (χ1) is 3.72. The molecule has 1 nitrogen and oxygen atoms in total. The van der Waals surface area contributed by atoms with Crippen LogP contribution in [-0.4, -0.2) is 26.7 Å². The van der Waals surface area contributed by atoms with Crippen LogP contribution in [0.1, 0.15) is 20.3 Å². The van der Waals surface area contributed by atoms with Gasteiger partial charge >= 0.3 is 60.7 Å². The molecule has 0 bridgehead atoms. The molecule has 8 heavy (non-hydrogen) atoms. The minimum absolute atomic E-state index is 0.00251. The molecule has 0 saturated heterocycles. The Morgan fingerprint density at radius 3 is 2.38 bits per heavy atom. The fourth-order valence-electron chi connectivity index (χ4n) is 0.419. The maximum absolute atomic E-state index is 10.8. The fraction of sp³-hybridized carbons (Fsp3) is 0.833. The molecule has 0 N–H and O–H groups in total. The summed E-state index contributed by atoms with van der Waals surface area (Å²) in [4.78, 5) is 12.9. The molecular formula is C6H12OTe. The van der Waals surface area contributed by atoms with Gasteiger partial charge in [0, 0.05) is 0 Å². The Kier molecular flexibility index (Phi) is 4.60. The van der Waals surface area contributed by atoms with Crippen molar-refractivity contribution >= 4 is 26.7 Å². The Bertz CT molecular complexity index is 80.6. The van der Waals surface area contributed by atoms with E-state index in [0.29, 0.717) is 9.75 Å². The Morgan fingerprint density at radius 2 is 2.25 bits per heavy atom. The van der Waals surface area contributed by atoms with Crippen molar-refractivity contribution in [3.05, 3.63) is 0 Å². The average molecular weight is 228 g/mol. The summed E-state index contributed by atoms with van der Waals surface area (Å²) in [5.41, 5.74) is 0. The summed E-state index contributed by atoms with van der Waals surface area (Å²) in [5.74, 6) is 0.440. The molecular weight excluding hydrogens is 216 g/mol. The van der Waals surface area contributed by atoms with Crippen LogP contribution in [-0.2, 0) is 4.79 Å². The van der Waals surface area contributed by atoms with Gasteiger partial charge in [0.25, 0.3) is 0 Å². The van der Waals surface area contributed by atoms with E-state index in [9.17, 15) is 4.79 Å². The third-order valence-corrected chi connectivity index (χ3v) is 3.92. The molecule has 0 amide bonds. The van der Waals surface area contributed by atoms with Crippen LogP contribution in [0.25, 0.3) is 0 Å². The van der Waals surface area contributed by atoms with Crippen LogP contribution in [0.4, 0.5) is 0 Å². The molecule has 0 fully saturated rings. The third-order valence-electron chi connectivity index (χ3n) is 1.16. The second-order valence-corrected chi connectivity index (χ2v) is 5.06. The van der Waals surface area contributed by atoms with Gasteiger partial charge in [-0.25, -0.2) is 0 Å². The molecule has 0 saturated carbocycles. The second kappa shape index (κ2) is 4.35. The maximum atomic E-state index is 10.8. The van der Waals surface area contributed by atoms with Crippen molar-refractivity contribution in [2.24, 2.45) is 0 Å². The monoisotopic (exact) mass is 230 g/mol. The molecule has 0 aromatic heterocycles. The molecule has 0 aromatic rings. The summed E-state index contributed by atoms with van der Waals surface area (Å²) in [5, 5.41) is 0. The third kappa shape index (κ3) is 2.69. The predicted molar refractivity (Wildman–Crippen MR) is 36.3 cm³/mol. The van der Waals surface area contributed by atoms with Crippen LogP contribution in [0.15, 0.2) is 0 Å². The number of rotatable bonds is 3. The Labute approximate surface area is 60.9 Å². The molecule has 0 rings (SSSR count). The summed E-state index contributed by atoms with van der Waals surface area (Å²) in [6, 6.07) is 0. The van der Waals surface area contributed by atoms with Crippen molar-refractivity contribution < 1.29 is 4.79 Å². The Hall–Kier alpha value is 0.460. The molecule has 0 aliphatic carbocycles. The molecule has 0 aliphatic rings. The molecule has 48 valence electrons. The van der Waals surface area contributed by atoms with E-state index in [4.69, 9.17) is 0 Å². The van der Waals surface area contributed by atoms with Crippen LogP contribution >= 0.6 is 0 Å². The van der Waals surface area contributed by atoms with Gasteiger partial charge in [-0.05, 0) is 0 Å². The first-order valence-electron chi connectivity index (χ1n) is 2.77. The fourth-order valence-corrected chi connectivity index (χ4v) is 1.64. The number of hydrogen-bond donors (Lipinski definition) is 0. The van der Waals surface area contributed by atoms with Gasteiger partial charge in [0.2, 0.25) is 0 Å². The van der Waals surface area contributed by atoms with Gasteiger partial charge < -0.3 is 0 Å². The van der Waals surface area contributed by atoms with Gasteiger partial charge in [-0.3, -0.25) is 0 Å². The van der Waals surface area contributed by atoms with E-state index < -0.39 is 0 Å². The molecule has 0 spiro atoms. The Morgan fingerprint density at radius 1 is 1.75 bits per heavy atom. The van der Waals surface area contributed by atoms with E-state index in [1.54, 1.807) is 0 Å². The van der Waals surface area contributed by atoms with Gasteiger partial charge in [0.05, 0.1) is 0 Å². The summed E-state index contributed by atoms with van der Waals surface area (Å²) in [6.45, 7) is 3.97. The number of Topliss-reactive ketones (excluding diaryl/α,β-unsaturated/α-hetero) is 1. The van der Waals surface area contributed by atoms with Crippen molar-refractivity contribution in [1.82, 2.24) is 0 Å². The molecule has 0 aliphatic heterocycles. The van der Waals surface area contributed by atoms with E-state index in [-0.39, 0.29) is 20.9 Å². The molecule has 1 atom stereocenters. The zero-order chi connectivity index (χ0) is 6.57. The molecule has 1 unspecified atom stereocenters. The van der Waals surface area contributed by atoms with Gasteiger partial charge in [-0.1, -0.05) is 0 Å². The first-order valence-corrected chi connectivity index (χ1v) is 6.45. The minimum atomic E-state index is -0.00251. The van der Waals surface area contributed by atoms with E-state index >= 15 is 0 Å². The van der Waals surface area contributed by atoms with Gasteiger partial charge in [0.15, 0.2) is 0 Å². The second-order valence-electron chi connectivity index (χ2n) is 1.70. The number of carbonyl (C=O) groups is 1. The normalized spacial score (nSPS) is 13.4. The first kappa shape index (κ1) is 8.46. The standard InChI is InChI=1S/C6H12OTe/c1-4-6(7)5(2)8-3/h5H,4H2,1-3H3. The van der Waals surface area contributed by atoms with Gasteiger partial charge in [-0.2, -0.15) is 0 Å². The molecule has 0 heterocycles. The van der Waals surface area contributed by atoms with Crippen LogP contribution in [0.5, 0.6) is 0 Å². The SMILES string of the molecule is CCC(=O)C(C)[Te]C. The number of carbonyl (C=O) groups excluding carboxylic acids is 1. The number of ketones is 1. The molecule has 0 aromatic carbocycles. The van der Waals surface area contributed by atoms with Gasteiger partial charge in [0.1, 0.15) is 0 Å². The zero-order valence-electron chi connectivity index (χ0n) is 5.60. The average Bonchev–Trinajstić information content (AvgIpc) is 1.84. The topological polar surface area (TPSA) is 17.1 Å². The van der Waals surface area contributed by atoms with Crippen LogP contribution < -0.4 is 0 Å². The van der Waals surface area contributed by atoms with Crippen LogP contribution in [0.3, 0.4) is 0 Å². The molecule has 0 radical (unpaired) electrons. The van der Waals surface area contributed by atoms with Crippen molar-refractivity contribution in [2.45, 2.75) is 29.2 Å². The summed E-state index contributed by atoms with van der Waals surface area (Å²) in [7, 11) is 0. The van der Waals surface area contributed by atoms with E-state index in [2.05, 4.69) is 4.97 Å². The molecule has 2 heteroatoms. The van der Waals surface area contributed by atoms with E-state index in [0.717, 1.165) is 6.42 Å². The quantitative estimate of drug-likeness (QED) is 0.669. The Balaban J connectivity index is 3.46. The summed E-state index contributed by atoms with van der Waals surface area (Å²) < 4.78 is 0.408.